The number of rotatable bonds is 6. The average molecular weight is 378 g/mol. The largest absolute Gasteiger partial charge is 0.365 e. The Morgan fingerprint density at radius 2 is 2.11 bits per heavy atom. The molecule has 2 aliphatic rings. The molecule has 1 aliphatic carbocycles. The molecule has 2 N–H and O–H groups in total. The number of amides is 3. The molecule has 0 radical (unpaired) electrons. The summed E-state index contributed by atoms with van der Waals surface area (Å²) in [5.74, 6) is 0.656. The number of nitrogens with one attached hydrogen (secondary N) is 2. The molecule has 2 heterocycles. The number of nitrogens with zero attached hydrogens (tertiary/aromatic N) is 4. The van der Waals surface area contributed by atoms with Gasteiger partial charge in [-0.25, -0.2) is 4.79 Å². The van der Waals surface area contributed by atoms with Crippen molar-refractivity contribution in [1.29, 1.82) is 0 Å². The Labute approximate surface area is 159 Å². The predicted molar refractivity (Wildman–Crippen MR) is 99.1 cm³/mol. The van der Waals surface area contributed by atoms with Gasteiger partial charge in [-0.1, -0.05) is 19.3 Å². The highest BCUT2D eigenvalue weighted by Crippen LogP contribution is 2.18. The molecule has 9 nitrogen and oxygen atoms in total. The molecule has 1 aromatic heterocycles. The Bertz CT molecular complexity index is 628. The van der Waals surface area contributed by atoms with Crippen LogP contribution in [0.15, 0.2) is 6.33 Å². The second kappa shape index (κ2) is 9.68. The van der Waals surface area contributed by atoms with E-state index in [2.05, 4.69) is 20.8 Å². The molecule has 1 atom stereocenters. The lowest BCUT2D eigenvalue weighted by Crippen LogP contribution is -2.55. The van der Waals surface area contributed by atoms with Crippen LogP contribution >= 0.6 is 0 Å². The van der Waals surface area contributed by atoms with Crippen LogP contribution in [-0.4, -0.2) is 70.0 Å². The molecule has 0 spiro atoms. The van der Waals surface area contributed by atoms with Gasteiger partial charge in [0.15, 0.2) is 6.10 Å². The second-order valence-electron chi connectivity index (χ2n) is 7.16. The average Bonchev–Trinajstić information content (AvgIpc) is 3.16. The summed E-state index contributed by atoms with van der Waals surface area (Å²) in [6.45, 7) is 4.46. The number of hydrogen-bond acceptors (Lipinski definition) is 5. The monoisotopic (exact) mass is 378 g/mol. The Hall–Kier alpha value is -2.16. The second-order valence-corrected chi connectivity index (χ2v) is 7.16. The van der Waals surface area contributed by atoms with E-state index < -0.39 is 6.10 Å². The van der Waals surface area contributed by atoms with Crippen LogP contribution in [0.25, 0.3) is 0 Å². The summed E-state index contributed by atoms with van der Waals surface area (Å²) >= 11 is 0. The van der Waals surface area contributed by atoms with Gasteiger partial charge in [0.1, 0.15) is 12.2 Å². The van der Waals surface area contributed by atoms with Gasteiger partial charge in [-0.2, -0.15) is 0 Å². The van der Waals surface area contributed by atoms with Crippen LogP contribution in [0.2, 0.25) is 0 Å². The zero-order valence-electron chi connectivity index (χ0n) is 16.0. The fourth-order valence-electron chi connectivity index (χ4n) is 3.65. The molecule has 27 heavy (non-hydrogen) atoms. The van der Waals surface area contributed by atoms with Crippen molar-refractivity contribution in [3.63, 3.8) is 0 Å². The SMILES string of the molecule is CCn1cnnc1CCNC(=O)[C@H]1CN(C(=O)NC2CCCCC2)CCO1. The van der Waals surface area contributed by atoms with Gasteiger partial charge in [0.2, 0.25) is 0 Å². The fourth-order valence-corrected chi connectivity index (χ4v) is 3.65. The Balaban J connectivity index is 1.42. The third-order valence-corrected chi connectivity index (χ3v) is 5.26. The minimum absolute atomic E-state index is 0.0842. The van der Waals surface area contributed by atoms with Gasteiger partial charge in [0.25, 0.3) is 5.91 Å². The van der Waals surface area contributed by atoms with E-state index >= 15 is 0 Å². The van der Waals surface area contributed by atoms with E-state index in [-0.39, 0.29) is 24.5 Å². The summed E-state index contributed by atoms with van der Waals surface area (Å²) in [7, 11) is 0. The van der Waals surface area contributed by atoms with Crippen molar-refractivity contribution < 1.29 is 14.3 Å². The maximum Gasteiger partial charge on any atom is 0.317 e. The summed E-state index contributed by atoms with van der Waals surface area (Å²) in [5, 5.41) is 13.9. The number of carbonyl (C=O) groups is 2. The van der Waals surface area contributed by atoms with E-state index in [9.17, 15) is 9.59 Å². The van der Waals surface area contributed by atoms with Crippen molar-refractivity contribution >= 4 is 11.9 Å². The molecule has 3 rings (SSSR count). The van der Waals surface area contributed by atoms with Gasteiger partial charge in [0, 0.05) is 32.1 Å². The predicted octanol–water partition coefficient (Wildman–Crippen LogP) is 0.700. The molecule has 1 saturated heterocycles. The van der Waals surface area contributed by atoms with Crippen molar-refractivity contribution in [2.45, 2.75) is 64.1 Å². The molecular weight excluding hydrogens is 348 g/mol. The first kappa shape index (κ1) is 19.6. The van der Waals surface area contributed by atoms with Gasteiger partial charge in [-0.05, 0) is 19.8 Å². The molecule has 0 aromatic carbocycles. The first-order chi connectivity index (χ1) is 13.2. The van der Waals surface area contributed by atoms with Gasteiger partial charge >= 0.3 is 6.03 Å². The number of morpholine rings is 1. The highest BCUT2D eigenvalue weighted by molar-refractivity contribution is 5.82. The maximum absolute atomic E-state index is 12.5. The Kier molecular flexibility index (Phi) is 7.03. The van der Waals surface area contributed by atoms with Crippen molar-refractivity contribution in [2.24, 2.45) is 0 Å². The van der Waals surface area contributed by atoms with E-state index in [0.717, 1.165) is 25.2 Å². The number of urea groups is 1. The lowest BCUT2D eigenvalue weighted by molar-refractivity contribution is -0.137. The Morgan fingerprint density at radius 3 is 2.89 bits per heavy atom. The van der Waals surface area contributed by atoms with Crippen LogP contribution in [0.5, 0.6) is 0 Å². The standard InChI is InChI=1S/C18H30N6O3/c1-2-23-13-20-22-16(23)8-9-19-17(25)15-12-24(10-11-27-15)18(26)21-14-6-4-3-5-7-14/h13-15H,2-12H2,1H3,(H,19,25)(H,21,26)/t15-/m1/s1. The van der Waals surface area contributed by atoms with E-state index in [4.69, 9.17) is 4.74 Å². The van der Waals surface area contributed by atoms with E-state index in [0.29, 0.717) is 26.1 Å². The molecule has 0 bridgehead atoms. The molecule has 3 amide bonds. The number of ether oxygens (including phenoxy) is 1. The van der Waals surface area contributed by atoms with Crippen molar-refractivity contribution in [2.75, 3.05) is 26.2 Å². The summed E-state index contributed by atoms with van der Waals surface area (Å²) < 4.78 is 7.52. The van der Waals surface area contributed by atoms with Crippen molar-refractivity contribution in [1.82, 2.24) is 30.3 Å². The molecule has 150 valence electrons. The summed E-state index contributed by atoms with van der Waals surface area (Å²) in [4.78, 5) is 26.6. The van der Waals surface area contributed by atoms with Crippen LogP contribution in [-0.2, 0) is 22.5 Å². The number of aryl methyl sites for hydroxylation is 1. The van der Waals surface area contributed by atoms with Crippen LogP contribution in [0.1, 0.15) is 44.9 Å². The third-order valence-electron chi connectivity index (χ3n) is 5.26. The lowest BCUT2D eigenvalue weighted by Gasteiger charge is -2.34. The summed E-state index contributed by atoms with van der Waals surface area (Å²) in [6, 6.07) is 0.177. The fraction of sp³-hybridized carbons (Fsp3) is 0.778. The molecule has 1 saturated carbocycles. The molecule has 1 aliphatic heterocycles. The van der Waals surface area contributed by atoms with E-state index in [1.807, 2.05) is 11.5 Å². The number of aromatic nitrogens is 3. The molecule has 2 fully saturated rings. The van der Waals surface area contributed by atoms with Gasteiger partial charge < -0.3 is 24.8 Å². The van der Waals surface area contributed by atoms with E-state index in [1.165, 1.54) is 19.3 Å². The molecular formula is C18H30N6O3. The van der Waals surface area contributed by atoms with Crippen LogP contribution in [0.3, 0.4) is 0 Å². The quantitative estimate of drug-likeness (QED) is 0.759. The van der Waals surface area contributed by atoms with E-state index in [1.54, 1.807) is 11.2 Å². The minimum atomic E-state index is -0.625. The van der Waals surface area contributed by atoms with Crippen molar-refractivity contribution in [3.05, 3.63) is 12.2 Å². The van der Waals surface area contributed by atoms with Gasteiger partial charge in [-0.15, -0.1) is 10.2 Å². The highest BCUT2D eigenvalue weighted by Gasteiger charge is 2.30. The topological polar surface area (TPSA) is 101 Å². The summed E-state index contributed by atoms with van der Waals surface area (Å²) in [5.41, 5.74) is 0. The van der Waals surface area contributed by atoms with Crippen molar-refractivity contribution in [3.8, 4) is 0 Å². The molecule has 0 unspecified atom stereocenters. The molecule has 9 heteroatoms. The lowest BCUT2D eigenvalue weighted by atomic mass is 9.96. The summed E-state index contributed by atoms with van der Waals surface area (Å²) in [6.07, 6.45) is 7.35. The highest BCUT2D eigenvalue weighted by atomic mass is 16.5. The third kappa shape index (κ3) is 5.41. The zero-order valence-corrected chi connectivity index (χ0v) is 16.0. The number of carbonyl (C=O) groups excluding carboxylic acids is 2. The maximum atomic E-state index is 12.5. The van der Waals surface area contributed by atoms with Gasteiger partial charge in [0.05, 0.1) is 13.2 Å². The Morgan fingerprint density at radius 1 is 1.30 bits per heavy atom. The van der Waals surface area contributed by atoms with Gasteiger partial charge in [-0.3, -0.25) is 4.79 Å². The first-order valence-corrected chi connectivity index (χ1v) is 9.98. The minimum Gasteiger partial charge on any atom is -0.365 e. The molecule has 1 aromatic rings. The van der Waals surface area contributed by atoms with Crippen LogP contribution in [0, 0.1) is 0 Å². The van der Waals surface area contributed by atoms with Crippen LogP contribution < -0.4 is 10.6 Å². The zero-order chi connectivity index (χ0) is 19.1. The number of hydrogen-bond donors (Lipinski definition) is 2. The van der Waals surface area contributed by atoms with Crippen LogP contribution in [0.4, 0.5) is 4.79 Å². The first-order valence-electron chi connectivity index (χ1n) is 9.98. The normalized spacial score (nSPS) is 21.1. The smallest absolute Gasteiger partial charge is 0.317 e.